The molecule has 8 heteroatoms. The molecule has 0 saturated carbocycles. The lowest BCUT2D eigenvalue weighted by molar-refractivity contribution is -0.119. The van der Waals surface area contributed by atoms with E-state index in [2.05, 4.69) is 17.2 Å². The summed E-state index contributed by atoms with van der Waals surface area (Å²) in [5, 5.41) is 8.32. The maximum Gasteiger partial charge on any atom is 0.226 e. The molecule has 0 radical (unpaired) electrons. The fourth-order valence-electron chi connectivity index (χ4n) is 4.21. The number of hydrogen-bond acceptors (Lipinski definition) is 5. The van der Waals surface area contributed by atoms with Crippen molar-refractivity contribution >= 4 is 17.2 Å². The number of nitrogens with zero attached hydrogens (tertiary/aromatic N) is 4. The van der Waals surface area contributed by atoms with E-state index in [1.54, 1.807) is 23.9 Å². The number of carbonyl (C=O) groups excluding carboxylic acids is 1. The minimum atomic E-state index is -0.338. The average molecular weight is 462 g/mol. The van der Waals surface area contributed by atoms with Crippen molar-refractivity contribution in [1.29, 1.82) is 0 Å². The normalized spacial score (nSPS) is 12.7. The first-order valence-electron chi connectivity index (χ1n) is 11.1. The lowest BCUT2D eigenvalue weighted by Gasteiger charge is -2.08. The molecule has 1 aliphatic carbocycles. The number of carbonyl (C=O) groups is 1. The Morgan fingerprint density at radius 3 is 2.79 bits per heavy atom. The highest BCUT2D eigenvalue weighted by molar-refractivity contribution is 7.15. The fourth-order valence-corrected chi connectivity index (χ4v) is 5.38. The molecule has 1 aliphatic rings. The molecule has 1 aromatic carbocycles. The molecule has 1 amide bonds. The predicted octanol–water partition coefficient (Wildman–Crippen LogP) is 4.54. The Bertz CT molecular complexity index is 1330. The Morgan fingerprint density at radius 2 is 2.06 bits per heavy atom. The average Bonchev–Trinajstić information content (AvgIpc) is 3.35. The molecular weight excluding hydrogens is 437 g/mol. The van der Waals surface area contributed by atoms with Crippen LogP contribution in [0.5, 0.6) is 0 Å². The number of aromatic nitrogens is 4. The summed E-state index contributed by atoms with van der Waals surface area (Å²) in [5.74, 6) is -0.417. The molecule has 168 valence electrons. The third kappa shape index (κ3) is 3.95. The topological polar surface area (TPSA) is 72.7 Å². The van der Waals surface area contributed by atoms with Crippen molar-refractivity contribution in [2.45, 2.75) is 39.0 Å². The van der Waals surface area contributed by atoms with Gasteiger partial charge in [-0.1, -0.05) is 19.1 Å². The smallest absolute Gasteiger partial charge is 0.226 e. The van der Waals surface area contributed by atoms with Crippen LogP contribution in [0.4, 0.5) is 4.39 Å². The lowest BCUT2D eigenvalue weighted by atomic mass is 10.0. The van der Waals surface area contributed by atoms with Crippen molar-refractivity contribution in [3.63, 3.8) is 0 Å². The first-order chi connectivity index (χ1) is 16.1. The number of hydrogen-bond donors (Lipinski definition) is 1. The van der Waals surface area contributed by atoms with Gasteiger partial charge in [0.15, 0.2) is 0 Å². The van der Waals surface area contributed by atoms with Crippen LogP contribution in [0.2, 0.25) is 0 Å². The molecular formula is C25H24FN5OS. The van der Waals surface area contributed by atoms with Crippen molar-refractivity contribution in [3.05, 3.63) is 70.4 Å². The molecule has 0 bridgehead atoms. The minimum absolute atomic E-state index is 0.0791. The van der Waals surface area contributed by atoms with Crippen molar-refractivity contribution in [2.24, 2.45) is 0 Å². The molecule has 0 aliphatic heterocycles. The minimum Gasteiger partial charge on any atom is -0.359 e. The number of para-hydroxylation sites is 1. The van der Waals surface area contributed by atoms with Crippen LogP contribution in [0, 0.1) is 5.82 Å². The summed E-state index contributed by atoms with van der Waals surface area (Å²) in [4.78, 5) is 22.3. The number of likely N-dealkylation sites (N-methyl/N-ethyl adjacent to an activating group) is 1. The summed E-state index contributed by atoms with van der Waals surface area (Å²) < 4.78 is 16.6. The number of benzene rings is 1. The molecule has 4 aromatic rings. The molecule has 5 rings (SSSR count). The number of fused-ring (bicyclic) bond motifs is 3. The zero-order valence-electron chi connectivity index (χ0n) is 18.6. The first-order valence-corrected chi connectivity index (χ1v) is 11.9. The Balaban J connectivity index is 1.73. The van der Waals surface area contributed by atoms with E-state index in [4.69, 9.17) is 10.1 Å². The van der Waals surface area contributed by atoms with E-state index in [1.807, 2.05) is 24.4 Å². The second-order valence-corrected chi connectivity index (χ2v) is 9.10. The highest BCUT2D eigenvalue weighted by atomic mass is 32.1. The van der Waals surface area contributed by atoms with Crippen molar-refractivity contribution < 1.29 is 9.18 Å². The van der Waals surface area contributed by atoms with Gasteiger partial charge in [-0.15, -0.1) is 11.3 Å². The van der Waals surface area contributed by atoms with Crippen LogP contribution in [0.1, 0.15) is 35.3 Å². The van der Waals surface area contributed by atoms with Gasteiger partial charge in [-0.3, -0.25) is 9.78 Å². The summed E-state index contributed by atoms with van der Waals surface area (Å²) in [6.45, 7) is 2.07. The van der Waals surface area contributed by atoms with E-state index in [9.17, 15) is 9.18 Å². The first kappa shape index (κ1) is 21.5. The number of aryl methyl sites for hydroxylation is 2. The van der Waals surface area contributed by atoms with Crippen LogP contribution in [-0.2, 0) is 30.5 Å². The third-order valence-electron chi connectivity index (χ3n) is 5.91. The molecule has 0 unspecified atom stereocenters. The van der Waals surface area contributed by atoms with E-state index in [0.717, 1.165) is 69.5 Å². The van der Waals surface area contributed by atoms with Gasteiger partial charge in [0.05, 0.1) is 28.4 Å². The molecule has 33 heavy (non-hydrogen) atoms. The number of rotatable bonds is 5. The number of halogens is 1. The summed E-state index contributed by atoms with van der Waals surface area (Å²) in [6, 6.07) is 10.7. The molecule has 0 spiro atoms. The van der Waals surface area contributed by atoms with Crippen molar-refractivity contribution in [3.8, 4) is 27.5 Å². The van der Waals surface area contributed by atoms with Crippen molar-refractivity contribution in [2.75, 3.05) is 7.05 Å². The number of amides is 1. The Kier molecular flexibility index (Phi) is 5.76. The van der Waals surface area contributed by atoms with Gasteiger partial charge in [-0.05, 0) is 49.9 Å². The Morgan fingerprint density at radius 1 is 1.21 bits per heavy atom. The Labute approximate surface area is 195 Å². The fraction of sp³-hybridized carbons (Fsp3) is 0.280. The monoisotopic (exact) mass is 461 g/mol. The van der Waals surface area contributed by atoms with Crippen LogP contribution in [0.25, 0.3) is 27.5 Å². The highest BCUT2D eigenvalue weighted by Crippen LogP contribution is 2.42. The number of pyridine rings is 1. The number of thiazole rings is 1. The van der Waals surface area contributed by atoms with Gasteiger partial charge >= 0.3 is 0 Å². The van der Waals surface area contributed by atoms with Crippen molar-refractivity contribution in [1.82, 2.24) is 25.1 Å². The van der Waals surface area contributed by atoms with E-state index in [-0.39, 0.29) is 18.1 Å². The molecule has 0 atom stereocenters. The zero-order chi connectivity index (χ0) is 22.9. The van der Waals surface area contributed by atoms with Gasteiger partial charge in [0.25, 0.3) is 0 Å². The van der Waals surface area contributed by atoms with Crippen LogP contribution in [0.3, 0.4) is 0 Å². The summed E-state index contributed by atoms with van der Waals surface area (Å²) in [6.07, 6.45) is 5.45. The van der Waals surface area contributed by atoms with Gasteiger partial charge < -0.3 is 5.32 Å². The quantitative estimate of drug-likeness (QED) is 0.474. The van der Waals surface area contributed by atoms with Crippen LogP contribution < -0.4 is 5.32 Å². The lowest BCUT2D eigenvalue weighted by Crippen LogP contribution is -2.19. The zero-order valence-corrected chi connectivity index (χ0v) is 19.4. The molecule has 0 fully saturated rings. The molecule has 3 aromatic heterocycles. The third-order valence-corrected chi connectivity index (χ3v) is 7.02. The largest absolute Gasteiger partial charge is 0.359 e. The molecule has 1 N–H and O–H groups in total. The van der Waals surface area contributed by atoms with E-state index in [0.29, 0.717) is 5.69 Å². The summed E-state index contributed by atoms with van der Waals surface area (Å²) in [5.41, 5.74) is 6.02. The second-order valence-electron chi connectivity index (χ2n) is 8.02. The number of nitrogens with one attached hydrogen (secondary N) is 1. The van der Waals surface area contributed by atoms with Crippen LogP contribution in [-0.4, -0.2) is 32.7 Å². The molecule has 6 nitrogen and oxygen atoms in total. The van der Waals surface area contributed by atoms with E-state index in [1.165, 1.54) is 17.4 Å². The van der Waals surface area contributed by atoms with Gasteiger partial charge in [0.1, 0.15) is 16.5 Å². The van der Waals surface area contributed by atoms with Crippen LogP contribution >= 0.6 is 11.3 Å². The standard InChI is InChI=1S/C25H24FN5OS/c1-3-16-12-11-15(14-28-16)23-17-7-6-9-19-25(33-22(29-19)13-21(32)27-2)24(17)31(30-23)20-10-5-4-8-18(20)26/h4-5,8,10-12,14H,3,6-7,9,13H2,1-2H3,(H,27,32). The Hall–Kier alpha value is -3.39. The SMILES string of the molecule is CCc1ccc(-c2nn(-c3ccccc3F)c3c2CCCc2nc(CC(=O)NC)sc2-3)cn1. The van der Waals surface area contributed by atoms with Gasteiger partial charge in [0.2, 0.25) is 5.91 Å². The highest BCUT2D eigenvalue weighted by Gasteiger charge is 2.29. The maximum absolute atomic E-state index is 14.9. The maximum atomic E-state index is 14.9. The van der Waals surface area contributed by atoms with Gasteiger partial charge in [-0.25, -0.2) is 14.1 Å². The summed E-state index contributed by atoms with van der Waals surface area (Å²) in [7, 11) is 1.62. The predicted molar refractivity (Wildman–Crippen MR) is 127 cm³/mol. The van der Waals surface area contributed by atoms with Gasteiger partial charge in [-0.2, -0.15) is 5.10 Å². The second kappa shape index (κ2) is 8.86. The van der Waals surface area contributed by atoms with E-state index >= 15 is 0 Å². The van der Waals surface area contributed by atoms with Crippen LogP contribution in [0.15, 0.2) is 42.6 Å². The van der Waals surface area contributed by atoms with Gasteiger partial charge in [0, 0.05) is 30.1 Å². The summed E-state index contributed by atoms with van der Waals surface area (Å²) >= 11 is 1.49. The molecule has 0 saturated heterocycles. The van der Waals surface area contributed by atoms with E-state index < -0.39 is 0 Å². The molecule has 3 heterocycles.